The summed E-state index contributed by atoms with van der Waals surface area (Å²) in [6.07, 6.45) is 0.267. The van der Waals surface area contributed by atoms with Gasteiger partial charge in [0.05, 0.1) is 6.04 Å². The number of aliphatic hydroxyl groups excluding tert-OH is 2. The van der Waals surface area contributed by atoms with Crippen molar-refractivity contribution in [2.45, 2.75) is 24.4 Å². The van der Waals surface area contributed by atoms with Crippen LogP contribution >= 0.6 is 0 Å². The van der Waals surface area contributed by atoms with E-state index in [0.717, 1.165) is 5.57 Å². The zero-order valence-corrected chi connectivity index (χ0v) is 11.9. The number of nitrogens with one attached hydrogen (secondary N) is 2. The minimum Gasteiger partial charge on any atom is -0.506 e. The molecule has 9 heteroatoms. The molecule has 0 aromatic heterocycles. The Bertz CT molecular complexity index is 642. The minimum atomic E-state index is -0.974. The van der Waals surface area contributed by atoms with Crippen molar-refractivity contribution in [1.82, 2.24) is 15.5 Å². The van der Waals surface area contributed by atoms with E-state index in [1.807, 2.05) is 18.1 Å². The van der Waals surface area contributed by atoms with E-state index < -0.39 is 18.1 Å². The van der Waals surface area contributed by atoms with Crippen molar-refractivity contribution in [2.75, 3.05) is 13.6 Å². The first-order valence-corrected chi connectivity index (χ1v) is 7.05. The SMILES string of the molecule is CN1C=C(CNC2C(O)C(O)=C3OC32)C2C(=O)NC(N)=NC21. The second-order valence-corrected chi connectivity index (χ2v) is 5.90. The van der Waals surface area contributed by atoms with Gasteiger partial charge < -0.3 is 30.9 Å². The predicted octanol–water partition coefficient (Wildman–Crippen LogP) is -2.30. The topological polar surface area (TPSA) is 136 Å². The number of nitrogens with zero attached hydrogens (tertiary/aromatic N) is 2. The molecule has 0 spiro atoms. The van der Waals surface area contributed by atoms with Crippen molar-refractivity contribution in [3.63, 3.8) is 0 Å². The summed E-state index contributed by atoms with van der Waals surface area (Å²) in [4.78, 5) is 18.2. The predicted molar refractivity (Wildman–Crippen MR) is 75.2 cm³/mol. The van der Waals surface area contributed by atoms with Crippen molar-refractivity contribution in [1.29, 1.82) is 0 Å². The summed E-state index contributed by atoms with van der Waals surface area (Å²) >= 11 is 0. The summed E-state index contributed by atoms with van der Waals surface area (Å²) in [5, 5.41) is 25.2. The van der Waals surface area contributed by atoms with Crippen LogP contribution in [0.3, 0.4) is 0 Å². The molecule has 0 aromatic carbocycles. The number of carbonyl (C=O) groups excluding carboxylic acids is 1. The van der Waals surface area contributed by atoms with Crippen LogP contribution in [0.25, 0.3) is 0 Å². The molecule has 3 aliphatic heterocycles. The highest BCUT2D eigenvalue weighted by molar-refractivity contribution is 6.01. The molecule has 118 valence electrons. The largest absolute Gasteiger partial charge is 0.506 e. The Kier molecular flexibility index (Phi) is 2.66. The number of fused-ring (bicyclic) bond motifs is 2. The van der Waals surface area contributed by atoms with Gasteiger partial charge in [-0.1, -0.05) is 0 Å². The Hall–Kier alpha value is -2.26. The molecule has 4 rings (SSSR count). The molecule has 5 atom stereocenters. The number of guanidine groups is 1. The Morgan fingerprint density at radius 1 is 1.59 bits per heavy atom. The molecule has 1 amide bonds. The first-order valence-electron chi connectivity index (χ1n) is 7.05. The van der Waals surface area contributed by atoms with E-state index in [1.54, 1.807) is 0 Å². The zero-order chi connectivity index (χ0) is 15.6. The highest BCUT2D eigenvalue weighted by atomic mass is 16.6. The number of nitrogens with two attached hydrogens (primary N) is 1. The molecule has 1 aliphatic carbocycles. The van der Waals surface area contributed by atoms with Crippen LogP contribution in [0.2, 0.25) is 0 Å². The Morgan fingerprint density at radius 3 is 3.05 bits per heavy atom. The molecule has 22 heavy (non-hydrogen) atoms. The molecule has 4 aliphatic rings. The molecule has 1 fully saturated rings. The van der Waals surface area contributed by atoms with Gasteiger partial charge >= 0.3 is 0 Å². The van der Waals surface area contributed by atoms with E-state index >= 15 is 0 Å². The van der Waals surface area contributed by atoms with E-state index in [2.05, 4.69) is 15.6 Å². The quantitative estimate of drug-likeness (QED) is 0.370. The molecule has 9 nitrogen and oxygen atoms in total. The fraction of sp³-hybridized carbons (Fsp3) is 0.538. The van der Waals surface area contributed by atoms with Gasteiger partial charge in [0.15, 0.2) is 23.6 Å². The van der Waals surface area contributed by atoms with Crippen LogP contribution in [0.1, 0.15) is 0 Å². The Labute approximate surface area is 126 Å². The van der Waals surface area contributed by atoms with E-state index in [-0.39, 0.29) is 29.9 Å². The maximum absolute atomic E-state index is 12.1. The van der Waals surface area contributed by atoms with Crippen LogP contribution in [0, 0.1) is 5.92 Å². The fourth-order valence-electron chi connectivity index (χ4n) is 3.33. The molecule has 0 radical (unpaired) electrons. The maximum atomic E-state index is 12.1. The van der Waals surface area contributed by atoms with Gasteiger partial charge in [0.1, 0.15) is 18.2 Å². The van der Waals surface area contributed by atoms with Crippen LogP contribution in [-0.2, 0) is 9.53 Å². The summed E-state index contributed by atoms with van der Waals surface area (Å²) in [7, 11) is 1.83. The molecule has 0 saturated carbocycles. The number of hydrogen-bond donors (Lipinski definition) is 5. The van der Waals surface area contributed by atoms with Gasteiger partial charge in [-0.05, 0) is 5.57 Å². The summed E-state index contributed by atoms with van der Waals surface area (Å²) in [5.41, 5.74) is 6.44. The van der Waals surface area contributed by atoms with E-state index in [4.69, 9.17) is 10.5 Å². The summed E-state index contributed by atoms with van der Waals surface area (Å²) in [6.45, 7) is 0.385. The second kappa shape index (κ2) is 4.37. The third kappa shape index (κ3) is 1.79. The van der Waals surface area contributed by atoms with Gasteiger partial charge in [-0.15, -0.1) is 0 Å². The van der Waals surface area contributed by atoms with Gasteiger partial charge in [-0.25, -0.2) is 4.99 Å². The molecule has 3 heterocycles. The molecular formula is C13H17N5O4. The first-order chi connectivity index (χ1) is 10.5. The lowest BCUT2D eigenvalue weighted by molar-refractivity contribution is -0.124. The maximum Gasteiger partial charge on any atom is 0.238 e. The number of hydrogen-bond acceptors (Lipinski definition) is 8. The van der Waals surface area contributed by atoms with Gasteiger partial charge in [0.2, 0.25) is 5.91 Å². The lowest BCUT2D eigenvalue weighted by atomic mass is 9.97. The average Bonchev–Trinajstić information content (AvgIpc) is 3.12. The molecule has 1 saturated heterocycles. The number of aliphatic imine (C=N–C) groups is 1. The number of rotatable bonds is 3. The number of carbonyl (C=O) groups is 1. The van der Waals surface area contributed by atoms with Crippen molar-refractivity contribution >= 4 is 11.9 Å². The average molecular weight is 307 g/mol. The van der Waals surface area contributed by atoms with Crippen LogP contribution in [-0.4, -0.2) is 65.0 Å². The smallest absolute Gasteiger partial charge is 0.238 e. The van der Waals surface area contributed by atoms with Gasteiger partial charge in [0, 0.05) is 19.8 Å². The third-order valence-corrected chi connectivity index (χ3v) is 4.49. The number of ether oxygens (including phenoxy) is 1. The zero-order valence-electron chi connectivity index (χ0n) is 11.9. The number of epoxide rings is 1. The van der Waals surface area contributed by atoms with E-state index in [9.17, 15) is 15.0 Å². The lowest BCUT2D eigenvalue weighted by Gasteiger charge is -2.28. The summed E-state index contributed by atoms with van der Waals surface area (Å²) in [5.74, 6) is -0.133. The van der Waals surface area contributed by atoms with Gasteiger partial charge in [-0.2, -0.15) is 0 Å². The molecule has 0 aromatic rings. The second-order valence-electron chi connectivity index (χ2n) is 5.90. The molecule has 0 bridgehead atoms. The normalized spacial score (nSPS) is 38.9. The van der Waals surface area contributed by atoms with E-state index in [1.165, 1.54) is 0 Å². The Balaban J connectivity index is 1.46. The molecule has 5 unspecified atom stereocenters. The van der Waals surface area contributed by atoms with Crippen molar-refractivity contribution < 1.29 is 19.7 Å². The molecule has 6 N–H and O–H groups in total. The number of aliphatic hydroxyl groups is 2. The van der Waals surface area contributed by atoms with Crippen LogP contribution < -0.4 is 16.4 Å². The van der Waals surface area contributed by atoms with Gasteiger partial charge in [-0.3, -0.25) is 10.1 Å². The highest BCUT2D eigenvalue weighted by Gasteiger charge is 2.55. The van der Waals surface area contributed by atoms with E-state index in [0.29, 0.717) is 12.3 Å². The fourth-order valence-corrected chi connectivity index (χ4v) is 3.33. The molecular weight excluding hydrogens is 290 g/mol. The van der Waals surface area contributed by atoms with Crippen LogP contribution in [0.4, 0.5) is 0 Å². The van der Waals surface area contributed by atoms with Crippen LogP contribution in [0.5, 0.6) is 0 Å². The number of amides is 1. The van der Waals surface area contributed by atoms with Crippen molar-refractivity contribution in [3.05, 3.63) is 23.3 Å². The first kappa shape index (κ1) is 13.4. The Morgan fingerprint density at radius 2 is 2.36 bits per heavy atom. The summed E-state index contributed by atoms with van der Waals surface area (Å²) in [6, 6.07) is -0.402. The monoisotopic (exact) mass is 307 g/mol. The highest BCUT2D eigenvalue weighted by Crippen LogP contribution is 2.42. The van der Waals surface area contributed by atoms with Crippen molar-refractivity contribution in [2.24, 2.45) is 16.6 Å². The standard InChI is InChI=1S/C13H17N5O4/c1-18-3-4(5-11(18)16-13(14)17-12(5)21)2-15-6-7(19)8(20)10-9(6)22-10/h3,5-7,9,11,15,19-20H,2H2,1H3,(H3,14,16,17,21). The third-order valence-electron chi connectivity index (χ3n) is 4.49. The summed E-state index contributed by atoms with van der Waals surface area (Å²) < 4.78 is 5.19. The van der Waals surface area contributed by atoms with Crippen molar-refractivity contribution in [3.8, 4) is 0 Å². The van der Waals surface area contributed by atoms with Gasteiger partial charge in [0.25, 0.3) is 0 Å². The van der Waals surface area contributed by atoms with Crippen LogP contribution in [0.15, 0.2) is 28.3 Å². The minimum absolute atomic E-state index is 0.106. The lowest BCUT2D eigenvalue weighted by Crippen LogP contribution is -2.52.